The van der Waals surface area contributed by atoms with Crippen molar-refractivity contribution in [2.24, 2.45) is 0 Å². The summed E-state index contributed by atoms with van der Waals surface area (Å²) in [6.45, 7) is 5.47. The van der Waals surface area contributed by atoms with E-state index in [1.165, 1.54) is 4.90 Å². The number of anilines is 1. The van der Waals surface area contributed by atoms with E-state index in [0.29, 0.717) is 18.7 Å². The lowest BCUT2D eigenvalue weighted by Crippen LogP contribution is -2.53. The Morgan fingerprint density at radius 1 is 0.969 bits per heavy atom. The summed E-state index contributed by atoms with van der Waals surface area (Å²) in [5.74, 6) is -0.687. The Labute approximate surface area is 191 Å². The highest BCUT2D eigenvalue weighted by Crippen LogP contribution is 2.18. The lowest BCUT2D eigenvalue weighted by molar-refractivity contribution is -0.139. The zero-order chi connectivity index (χ0) is 23.7. The summed E-state index contributed by atoms with van der Waals surface area (Å²) in [6.07, 6.45) is 2.39. The van der Waals surface area contributed by atoms with Gasteiger partial charge in [0.1, 0.15) is 12.6 Å². The van der Waals surface area contributed by atoms with Gasteiger partial charge in [0.2, 0.25) is 21.8 Å². The second-order valence-corrected chi connectivity index (χ2v) is 9.83. The highest BCUT2D eigenvalue weighted by molar-refractivity contribution is 7.92. The second-order valence-electron chi connectivity index (χ2n) is 7.92. The summed E-state index contributed by atoms with van der Waals surface area (Å²) in [6, 6.07) is 17.4. The number of carbonyl (C=O) groups is 2. The molecule has 0 aromatic heterocycles. The fourth-order valence-corrected chi connectivity index (χ4v) is 4.09. The molecule has 0 fully saturated rings. The molecule has 8 heteroatoms. The number of carbonyl (C=O) groups excluding carboxylic acids is 2. The van der Waals surface area contributed by atoms with Gasteiger partial charge in [-0.25, -0.2) is 8.42 Å². The molecule has 0 saturated carbocycles. The normalized spacial score (nSPS) is 13.1. The smallest absolute Gasteiger partial charge is 0.244 e. The Kier molecular flexibility index (Phi) is 9.26. The van der Waals surface area contributed by atoms with Crippen LogP contribution >= 0.6 is 0 Å². The van der Waals surface area contributed by atoms with E-state index >= 15 is 0 Å². The van der Waals surface area contributed by atoms with E-state index in [0.717, 1.165) is 22.5 Å². The Balaban J connectivity index is 2.27. The third-order valence-electron chi connectivity index (χ3n) is 5.38. The molecule has 2 amide bonds. The zero-order valence-electron chi connectivity index (χ0n) is 19.2. The first-order valence-electron chi connectivity index (χ1n) is 10.8. The number of hydrogen-bond donors (Lipinski definition) is 1. The number of amides is 2. The summed E-state index contributed by atoms with van der Waals surface area (Å²) >= 11 is 0. The van der Waals surface area contributed by atoms with Gasteiger partial charge in [0.05, 0.1) is 11.9 Å². The topological polar surface area (TPSA) is 86.8 Å². The third kappa shape index (κ3) is 7.37. The molecule has 0 aliphatic rings. The minimum atomic E-state index is -3.70. The first-order chi connectivity index (χ1) is 15.1. The molecule has 0 aliphatic carbocycles. The quantitative estimate of drug-likeness (QED) is 0.560. The molecule has 7 nitrogen and oxygen atoms in total. The maximum absolute atomic E-state index is 13.3. The average molecular weight is 460 g/mol. The fraction of sp³-hybridized carbons (Fsp3) is 0.417. The molecule has 2 aromatic rings. The van der Waals surface area contributed by atoms with Crippen LogP contribution in [-0.4, -0.2) is 56.6 Å². The summed E-state index contributed by atoms with van der Waals surface area (Å²) in [4.78, 5) is 27.6. The van der Waals surface area contributed by atoms with Gasteiger partial charge >= 0.3 is 0 Å². The molecule has 2 rings (SSSR count). The molecule has 0 heterocycles. The van der Waals surface area contributed by atoms with Gasteiger partial charge in [-0.15, -0.1) is 0 Å². The Morgan fingerprint density at radius 2 is 1.53 bits per heavy atom. The van der Waals surface area contributed by atoms with Gasteiger partial charge in [-0.3, -0.25) is 13.9 Å². The van der Waals surface area contributed by atoms with Crippen molar-refractivity contribution < 1.29 is 18.0 Å². The van der Waals surface area contributed by atoms with Crippen LogP contribution in [-0.2, 0) is 26.0 Å². The molecule has 0 aliphatic heterocycles. The molecule has 0 bridgehead atoms. The minimum absolute atomic E-state index is 0.0205. The number of sulfonamides is 1. The monoisotopic (exact) mass is 459 g/mol. The molecule has 0 unspecified atom stereocenters. The molecule has 0 spiro atoms. The van der Waals surface area contributed by atoms with E-state index in [-0.39, 0.29) is 18.5 Å². The maximum atomic E-state index is 13.3. The second kappa shape index (κ2) is 11.7. The third-order valence-corrected chi connectivity index (χ3v) is 6.52. The van der Waals surface area contributed by atoms with Gasteiger partial charge in [-0.2, -0.15) is 0 Å². The van der Waals surface area contributed by atoms with Crippen molar-refractivity contribution in [3.05, 3.63) is 66.2 Å². The maximum Gasteiger partial charge on any atom is 0.244 e. The minimum Gasteiger partial charge on any atom is -0.352 e. The van der Waals surface area contributed by atoms with Crippen LogP contribution in [0, 0.1) is 0 Å². The van der Waals surface area contributed by atoms with Gasteiger partial charge in [-0.05, 0) is 44.4 Å². The van der Waals surface area contributed by atoms with E-state index < -0.39 is 22.0 Å². The van der Waals surface area contributed by atoms with E-state index in [1.807, 2.05) is 44.2 Å². The summed E-state index contributed by atoms with van der Waals surface area (Å²) in [5, 5.41) is 2.91. The number of rotatable bonds is 11. The van der Waals surface area contributed by atoms with Crippen LogP contribution in [0.5, 0.6) is 0 Å². The molecule has 2 atom stereocenters. The number of nitrogens with zero attached hydrogens (tertiary/aromatic N) is 2. The first kappa shape index (κ1) is 25.4. The van der Waals surface area contributed by atoms with Crippen molar-refractivity contribution >= 4 is 27.5 Å². The molecule has 0 radical (unpaired) electrons. The number of para-hydroxylation sites is 1. The van der Waals surface area contributed by atoms with Crippen molar-refractivity contribution in [1.82, 2.24) is 10.2 Å². The van der Waals surface area contributed by atoms with Crippen LogP contribution in [0.3, 0.4) is 0 Å². The standard InChI is InChI=1S/C24H33N3O4S/c1-5-19(2)25-24(29)20(3)26(17-16-21-12-8-6-9-13-21)23(28)18-27(32(4,30)31)22-14-10-7-11-15-22/h6-15,19-20H,5,16-18H2,1-4H3,(H,25,29)/t19-,20-/m0/s1. The molecule has 2 aromatic carbocycles. The Morgan fingerprint density at radius 3 is 2.06 bits per heavy atom. The molecule has 32 heavy (non-hydrogen) atoms. The fourth-order valence-electron chi connectivity index (χ4n) is 3.24. The summed E-state index contributed by atoms with van der Waals surface area (Å²) in [5.41, 5.74) is 1.44. The molecular weight excluding hydrogens is 426 g/mol. The van der Waals surface area contributed by atoms with Crippen LogP contribution in [0.1, 0.15) is 32.8 Å². The van der Waals surface area contributed by atoms with Crippen molar-refractivity contribution in [2.45, 2.75) is 45.7 Å². The molecular formula is C24H33N3O4S. The summed E-state index contributed by atoms with van der Waals surface area (Å²) in [7, 11) is -3.70. The van der Waals surface area contributed by atoms with Gasteiger partial charge in [0.15, 0.2) is 0 Å². The van der Waals surface area contributed by atoms with E-state index in [1.54, 1.807) is 37.3 Å². The average Bonchev–Trinajstić information content (AvgIpc) is 2.77. The number of nitrogens with one attached hydrogen (secondary N) is 1. The number of benzene rings is 2. The van der Waals surface area contributed by atoms with Gasteiger partial charge < -0.3 is 10.2 Å². The predicted molar refractivity (Wildman–Crippen MR) is 128 cm³/mol. The van der Waals surface area contributed by atoms with E-state index in [9.17, 15) is 18.0 Å². The predicted octanol–water partition coefficient (Wildman–Crippen LogP) is 2.83. The van der Waals surface area contributed by atoms with Gasteiger partial charge in [0, 0.05) is 12.6 Å². The zero-order valence-corrected chi connectivity index (χ0v) is 20.0. The SMILES string of the molecule is CC[C@H](C)NC(=O)[C@H](C)N(CCc1ccccc1)C(=O)CN(c1ccccc1)S(C)(=O)=O. The Hall–Kier alpha value is -2.87. The van der Waals surface area contributed by atoms with Crippen molar-refractivity contribution in [3.63, 3.8) is 0 Å². The van der Waals surface area contributed by atoms with Crippen LogP contribution in [0.4, 0.5) is 5.69 Å². The molecule has 1 N–H and O–H groups in total. The highest BCUT2D eigenvalue weighted by atomic mass is 32.2. The van der Waals surface area contributed by atoms with Crippen molar-refractivity contribution in [2.75, 3.05) is 23.7 Å². The number of hydrogen-bond acceptors (Lipinski definition) is 4. The van der Waals surface area contributed by atoms with Crippen molar-refractivity contribution in [1.29, 1.82) is 0 Å². The highest BCUT2D eigenvalue weighted by Gasteiger charge is 2.30. The van der Waals surface area contributed by atoms with Crippen LogP contribution in [0.25, 0.3) is 0 Å². The van der Waals surface area contributed by atoms with Gasteiger partial charge in [-0.1, -0.05) is 55.5 Å². The van der Waals surface area contributed by atoms with Crippen LogP contribution in [0.15, 0.2) is 60.7 Å². The largest absolute Gasteiger partial charge is 0.352 e. The van der Waals surface area contributed by atoms with Crippen molar-refractivity contribution in [3.8, 4) is 0 Å². The van der Waals surface area contributed by atoms with Gasteiger partial charge in [0.25, 0.3) is 0 Å². The van der Waals surface area contributed by atoms with E-state index in [2.05, 4.69) is 5.32 Å². The lowest BCUT2D eigenvalue weighted by Gasteiger charge is -2.32. The first-order valence-corrected chi connectivity index (χ1v) is 12.6. The summed E-state index contributed by atoms with van der Waals surface area (Å²) < 4.78 is 25.9. The Bertz CT molecular complexity index is 981. The van der Waals surface area contributed by atoms with E-state index in [4.69, 9.17) is 0 Å². The lowest BCUT2D eigenvalue weighted by atomic mass is 10.1. The molecule has 0 saturated heterocycles. The molecule has 174 valence electrons. The van der Waals surface area contributed by atoms with Crippen LogP contribution < -0.4 is 9.62 Å². The van der Waals surface area contributed by atoms with Crippen LogP contribution in [0.2, 0.25) is 0 Å².